The third-order valence-corrected chi connectivity index (χ3v) is 3.53. The van der Waals surface area contributed by atoms with Crippen LogP contribution in [-0.2, 0) is 0 Å². The molecule has 0 unspecified atom stereocenters. The van der Waals surface area contributed by atoms with Crippen LogP contribution in [0.15, 0.2) is 18.3 Å². The van der Waals surface area contributed by atoms with Gasteiger partial charge in [0.2, 0.25) is 0 Å². The molecule has 1 aromatic heterocycles. The van der Waals surface area contributed by atoms with Gasteiger partial charge >= 0.3 is 0 Å². The summed E-state index contributed by atoms with van der Waals surface area (Å²) in [7, 11) is 0. The highest BCUT2D eigenvalue weighted by atomic mass is 16.1. The molecule has 0 aliphatic heterocycles. The Bertz CT molecular complexity index is 431. The van der Waals surface area contributed by atoms with Gasteiger partial charge in [0.25, 0.3) is 5.91 Å². The van der Waals surface area contributed by atoms with Crippen molar-refractivity contribution in [1.82, 2.24) is 10.3 Å². The maximum Gasteiger partial charge on any atom is 0.269 e. The van der Waals surface area contributed by atoms with Crippen molar-refractivity contribution in [2.75, 3.05) is 24.5 Å². The van der Waals surface area contributed by atoms with Crippen LogP contribution in [-0.4, -0.2) is 36.6 Å². The number of aromatic nitrogens is 1. The Hall–Kier alpha value is -1.62. The van der Waals surface area contributed by atoms with E-state index in [4.69, 9.17) is 5.73 Å². The van der Waals surface area contributed by atoms with E-state index in [1.807, 2.05) is 19.1 Å². The monoisotopic (exact) mass is 262 g/mol. The van der Waals surface area contributed by atoms with Gasteiger partial charge in [-0.25, -0.2) is 0 Å². The summed E-state index contributed by atoms with van der Waals surface area (Å²) in [5.41, 5.74) is 7.21. The lowest BCUT2D eigenvalue weighted by atomic mass is 9.91. The number of nitrogens with one attached hydrogen (secondary N) is 1. The van der Waals surface area contributed by atoms with Crippen LogP contribution in [0, 0.1) is 0 Å². The predicted molar refractivity (Wildman–Crippen MR) is 76.3 cm³/mol. The zero-order valence-corrected chi connectivity index (χ0v) is 11.4. The van der Waals surface area contributed by atoms with Crippen molar-refractivity contribution in [1.29, 1.82) is 0 Å². The van der Waals surface area contributed by atoms with Gasteiger partial charge in [-0.15, -0.1) is 0 Å². The van der Waals surface area contributed by atoms with Gasteiger partial charge in [0.1, 0.15) is 5.69 Å². The van der Waals surface area contributed by atoms with E-state index in [-0.39, 0.29) is 5.91 Å². The summed E-state index contributed by atoms with van der Waals surface area (Å²) >= 11 is 0. The van der Waals surface area contributed by atoms with Gasteiger partial charge in [0, 0.05) is 37.6 Å². The van der Waals surface area contributed by atoms with Gasteiger partial charge in [-0.3, -0.25) is 9.78 Å². The van der Waals surface area contributed by atoms with Crippen molar-refractivity contribution in [3.63, 3.8) is 0 Å². The van der Waals surface area contributed by atoms with Crippen molar-refractivity contribution in [2.24, 2.45) is 5.73 Å². The molecule has 104 valence electrons. The van der Waals surface area contributed by atoms with E-state index < -0.39 is 0 Å². The molecular formula is C14H22N4O. The molecule has 0 aromatic carbocycles. The molecule has 1 aromatic rings. The summed E-state index contributed by atoms with van der Waals surface area (Å²) in [4.78, 5) is 18.2. The lowest BCUT2D eigenvalue weighted by molar-refractivity contribution is 0.0951. The van der Waals surface area contributed by atoms with E-state index in [0.717, 1.165) is 12.2 Å². The molecule has 1 aliphatic carbocycles. The third kappa shape index (κ3) is 3.23. The molecule has 1 saturated carbocycles. The van der Waals surface area contributed by atoms with E-state index in [9.17, 15) is 4.79 Å². The highest BCUT2D eigenvalue weighted by Gasteiger charge is 2.25. The number of nitrogens with zero attached hydrogens (tertiary/aromatic N) is 2. The normalized spacial score (nSPS) is 14.8. The Balaban J connectivity index is 2.17. The second-order valence-corrected chi connectivity index (χ2v) is 4.83. The summed E-state index contributed by atoms with van der Waals surface area (Å²) in [6.07, 6.45) is 5.39. The summed E-state index contributed by atoms with van der Waals surface area (Å²) in [6, 6.07) is 4.38. The molecular weight excluding hydrogens is 240 g/mol. The summed E-state index contributed by atoms with van der Waals surface area (Å²) in [6.45, 7) is 3.95. The summed E-state index contributed by atoms with van der Waals surface area (Å²) in [5, 5.41) is 2.77. The molecule has 1 amide bonds. The molecule has 2 rings (SSSR count). The van der Waals surface area contributed by atoms with Crippen molar-refractivity contribution >= 4 is 11.6 Å². The van der Waals surface area contributed by atoms with Crippen LogP contribution in [0.3, 0.4) is 0 Å². The highest BCUT2D eigenvalue weighted by molar-refractivity contribution is 5.93. The van der Waals surface area contributed by atoms with E-state index in [2.05, 4.69) is 15.2 Å². The summed E-state index contributed by atoms with van der Waals surface area (Å²) in [5.74, 6) is -0.120. The number of carbonyl (C=O) groups excluding carboxylic acids is 1. The Labute approximate surface area is 114 Å². The zero-order chi connectivity index (χ0) is 13.7. The van der Waals surface area contributed by atoms with Crippen molar-refractivity contribution < 1.29 is 4.79 Å². The second-order valence-electron chi connectivity index (χ2n) is 4.83. The molecule has 1 fully saturated rings. The number of anilines is 1. The first-order chi connectivity index (χ1) is 9.26. The Morgan fingerprint density at radius 1 is 1.58 bits per heavy atom. The first-order valence-electron chi connectivity index (χ1n) is 6.97. The lowest BCUT2D eigenvalue weighted by Crippen LogP contribution is -2.43. The van der Waals surface area contributed by atoms with Gasteiger partial charge in [0.05, 0.1) is 0 Å². The molecule has 0 bridgehead atoms. The second kappa shape index (κ2) is 6.52. The van der Waals surface area contributed by atoms with Gasteiger partial charge in [0.15, 0.2) is 0 Å². The average Bonchev–Trinajstić information content (AvgIpc) is 2.37. The number of amides is 1. The van der Waals surface area contributed by atoms with Crippen molar-refractivity contribution in [3.8, 4) is 0 Å². The number of hydrogen-bond acceptors (Lipinski definition) is 4. The minimum Gasteiger partial charge on any atom is -0.367 e. The van der Waals surface area contributed by atoms with Crippen LogP contribution in [0.5, 0.6) is 0 Å². The topological polar surface area (TPSA) is 71.2 Å². The molecule has 0 saturated heterocycles. The van der Waals surface area contributed by atoms with Crippen LogP contribution in [0.25, 0.3) is 0 Å². The summed E-state index contributed by atoms with van der Waals surface area (Å²) < 4.78 is 0. The number of carbonyl (C=O) groups is 1. The molecule has 5 heteroatoms. The van der Waals surface area contributed by atoms with Crippen LogP contribution < -0.4 is 16.0 Å². The molecule has 1 aliphatic rings. The number of nitrogens with two attached hydrogens (primary N) is 1. The zero-order valence-electron chi connectivity index (χ0n) is 11.4. The fraction of sp³-hybridized carbons (Fsp3) is 0.571. The highest BCUT2D eigenvalue weighted by Crippen LogP contribution is 2.29. The molecule has 0 atom stereocenters. The molecule has 1 heterocycles. The van der Waals surface area contributed by atoms with Crippen LogP contribution in [0.2, 0.25) is 0 Å². The van der Waals surface area contributed by atoms with Crippen molar-refractivity contribution in [2.45, 2.75) is 32.2 Å². The fourth-order valence-corrected chi connectivity index (χ4v) is 2.33. The van der Waals surface area contributed by atoms with E-state index in [0.29, 0.717) is 24.8 Å². The fourth-order valence-electron chi connectivity index (χ4n) is 2.33. The predicted octanol–water partition coefficient (Wildman–Crippen LogP) is 1.15. The molecule has 5 nitrogen and oxygen atoms in total. The SMILES string of the molecule is CCNC(=O)c1cc(N(CCN)C2CCC2)ccn1. The smallest absolute Gasteiger partial charge is 0.269 e. The quantitative estimate of drug-likeness (QED) is 0.806. The van der Waals surface area contributed by atoms with Gasteiger partial charge < -0.3 is 16.0 Å². The van der Waals surface area contributed by atoms with E-state index in [1.165, 1.54) is 19.3 Å². The molecule has 0 spiro atoms. The van der Waals surface area contributed by atoms with Gasteiger partial charge in [-0.1, -0.05) is 0 Å². The Morgan fingerprint density at radius 3 is 2.95 bits per heavy atom. The third-order valence-electron chi connectivity index (χ3n) is 3.53. The Morgan fingerprint density at radius 2 is 2.37 bits per heavy atom. The number of hydrogen-bond donors (Lipinski definition) is 2. The van der Waals surface area contributed by atoms with E-state index >= 15 is 0 Å². The van der Waals surface area contributed by atoms with E-state index in [1.54, 1.807) is 6.20 Å². The molecule has 0 radical (unpaired) electrons. The minimum atomic E-state index is -0.120. The largest absolute Gasteiger partial charge is 0.367 e. The lowest BCUT2D eigenvalue weighted by Gasteiger charge is -2.39. The van der Waals surface area contributed by atoms with Gasteiger partial charge in [-0.2, -0.15) is 0 Å². The van der Waals surface area contributed by atoms with Crippen LogP contribution in [0.4, 0.5) is 5.69 Å². The Kier molecular flexibility index (Phi) is 4.74. The number of rotatable bonds is 6. The first kappa shape index (κ1) is 13.8. The van der Waals surface area contributed by atoms with Crippen LogP contribution in [0.1, 0.15) is 36.7 Å². The maximum absolute atomic E-state index is 11.8. The first-order valence-corrected chi connectivity index (χ1v) is 6.97. The minimum absolute atomic E-state index is 0.120. The van der Waals surface area contributed by atoms with Crippen LogP contribution >= 0.6 is 0 Å². The average molecular weight is 262 g/mol. The molecule has 3 N–H and O–H groups in total. The number of pyridine rings is 1. The van der Waals surface area contributed by atoms with Gasteiger partial charge in [-0.05, 0) is 38.3 Å². The standard InChI is InChI=1S/C14H22N4O/c1-2-16-14(19)13-10-12(6-8-17-13)18(9-7-15)11-4-3-5-11/h6,8,10-11H,2-5,7,9,15H2,1H3,(H,16,19). The van der Waals surface area contributed by atoms with Crippen molar-refractivity contribution in [3.05, 3.63) is 24.0 Å². The maximum atomic E-state index is 11.8. The molecule has 19 heavy (non-hydrogen) atoms.